The Bertz CT molecular complexity index is 993. The number of carbonyl (C=O) groups excluding carboxylic acids is 1. The molecule has 0 radical (unpaired) electrons. The lowest BCUT2D eigenvalue weighted by Crippen LogP contribution is -2.41. The minimum absolute atomic E-state index is 0.0703. The summed E-state index contributed by atoms with van der Waals surface area (Å²) in [5, 5.41) is 4.03. The van der Waals surface area contributed by atoms with Gasteiger partial charge in [-0.15, -0.1) is 11.8 Å². The number of nitrogens with zero attached hydrogens (tertiary/aromatic N) is 1. The molecule has 160 valence electrons. The van der Waals surface area contributed by atoms with Gasteiger partial charge in [-0.2, -0.15) is 8.42 Å². The van der Waals surface area contributed by atoms with Crippen LogP contribution in [0.4, 0.5) is 5.69 Å². The number of aliphatic imine (C=N–C) groups is 1. The van der Waals surface area contributed by atoms with Gasteiger partial charge in [-0.3, -0.25) is 19.1 Å². The highest BCUT2D eigenvalue weighted by atomic mass is 32.2. The van der Waals surface area contributed by atoms with E-state index in [0.29, 0.717) is 12.8 Å². The molecule has 1 aliphatic rings. The molecule has 2 aromatic carbocycles. The summed E-state index contributed by atoms with van der Waals surface area (Å²) in [5.41, 5.74) is 2.13. The lowest BCUT2D eigenvalue weighted by atomic mass is 10.1. The molecule has 7 nitrogen and oxygen atoms in total. The average molecular weight is 448 g/mol. The Balaban J connectivity index is 1.72. The van der Waals surface area contributed by atoms with Crippen LogP contribution in [0.5, 0.6) is 0 Å². The van der Waals surface area contributed by atoms with Gasteiger partial charge in [0.05, 0.1) is 29.2 Å². The molecule has 1 heterocycles. The standard InChI is InChI=1S/C21H25N3O4S2/c1-2-17-14-29-21(22-17)19(23-20(25)13-15-6-4-3-5-7-15)12-16-8-10-18(11-9-16)24-30(26,27)28/h3-11,17,19,24H,2,12-14H2,1H3,(H,23,25)(H,26,27,28)/t17?,19-/m0/s1. The highest BCUT2D eigenvalue weighted by Gasteiger charge is 2.26. The van der Waals surface area contributed by atoms with E-state index in [1.807, 2.05) is 35.1 Å². The molecule has 2 aromatic rings. The smallest absolute Gasteiger partial charge is 0.347 e. The van der Waals surface area contributed by atoms with Crippen molar-refractivity contribution in [3.05, 3.63) is 65.7 Å². The van der Waals surface area contributed by atoms with Gasteiger partial charge in [0.15, 0.2) is 0 Å². The van der Waals surface area contributed by atoms with Gasteiger partial charge >= 0.3 is 10.3 Å². The third-order valence-electron chi connectivity index (χ3n) is 4.69. The third kappa shape index (κ3) is 6.86. The van der Waals surface area contributed by atoms with Gasteiger partial charge in [-0.05, 0) is 36.1 Å². The Kier molecular flexibility index (Phi) is 7.52. The minimum Gasteiger partial charge on any atom is -0.347 e. The van der Waals surface area contributed by atoms with Crippen molar-refractivity contribution in [2.75, 3.05) is 10.5 Å². The van der Waals surface area contributed by atoms with Gasteiger partial charge in [-0.25, -0.2) is 0 Å². The van der Waals surface area contributed by atoms with Gasteiger partial charge in [0.1, 0.15) is 0 Å². The van der Waals surface area contributed by atoms with Crippen molar-refractivity contribution in [1.29, 1.82) is 0 Å². The van der Waals surface area contributed by atoms with E-state index in [9.17, 15) is 13.2 Å². The quantitative estimate of drug-likeness (QED) is 0.512. The van der Waals surface area contributed by atoms with Gasteiger partial charge in [0.2, 0.25) is 5.91 Å². The maximum Gasteiger partial charge on any atom is 0.357 e. The predicted octanol–water partition coefficient (Wildman–Crippen LogP) is 3.10. The number of anilines is 1. The van der Waals surface area contributed by atoms with E-state index in [2.05, 4.69) is 12.2 Å². The lowest BCUT2D eigenvalue weighted by Gasteiger charge is -2.19. The molecule has 0 fully saturated rings. The van der Waals surface area contributed by atoms with Gasteiger partial charge < -0.3 is 5.32 Å². The van der Waals surface area contributed by atoms with E-state index >= 15 is 0 Å². The summed E-state index contributed by atoms with van der Waals surface area (Å²) in [6.45, 7) is 2.10. The van der Waals surface area contributed by atoms with Crippen LogP contribution in [-0.4, -0.2) is 41.8 Å². The van der Waals surface area contributed by atoms with Gasteiger partial charge in [0, 0.05) is 5.75 Å². The molecule has 9 heteroatoms. The number of rotatable bonds is 9. The SMILES string of the molecule is CCC1CSC([C@H](Cc2ccc(NS(=O)(=O)O)cc2)NC(=O)Cc2ccccc2)=N1. The zero-order valence-corrected chi connectivity index (χ0v) is 18.2. The van der Waals surface area contributed by atoms with Crippen LogP contribution in [0.2, 0.25) is 0 Å². The first-order valence-corrected chi connectivity index (χ1v) is 12.1. The molecule has 0 bridgehead atoms. The first-order chi connectivity index (χ1) is 14.3. The summed E-state index contributed by atoms with van der Waals surface area (Å²) < 4.78 is 32.8. The highest BCUT2D eigenvalue weighted by molar-refractivity contribution is 8.14. The summed E-state index contributed by atoms with van der Waals surface area (Å²) in [6, 6.07) is 16.3. The molecule has 30 heavy (non-hydrogen) atoms. The van der Waals surface area contributed by atoms with E-state index in [1.54, 1.807) is 36.0 Å². The molecule has 1 amide bonds. The average Bonchev–Trinajstić information content (AvgIpc) is 3.18. The minimum atomic E-state index is -4.31. The number of thioether (sulfide) groups is 1. The maximum absolute atomic E-state index is 12.7. The van der Waals surface area contributed by atoms with Crippen molar-refractivity contribution in [3.8, 4) is 0 Å². The fraction of sp³-hybridized carbons (Fsp3) is 0.333. The highest BCUT2D eigenvalue weighted by Crippen LogP contribution is 2.24. The summed E-state index contributed by atoms with van der Waals surface area (Å²) in [6.07, 6.45) is 1.79. The predicted molar refractivity (Wildman–Crippen MR) is 121 cm³/mol. The molecule has 0 saturated carbocycles. The van der Waals surface area contributed by atoms with Crippen LogP contribution in [0, 0.1) is 0 Å². The summed E-state index contributed by atoms with van der Waals surface area (Å²) in [4.78, 5) is 17.4. The molecule has 0 saturated heterocycles. The van der Waals surface area contributed by atoms with Crippen molar-refractivity contribution in [3.63, 3.8) is 0 Å². The van der Waals surface area contributed by atoms with Crippen LogP contribution in [0.25, 0.3) is 0 Å². The summed E-state index contributed by atoms with van der Waals surface area (Å²) >= 11 is 1.67. The molecule has 0 spiro atoms. The number of amides is 1. The first kappa shape index (κ1) is 22.3. The van der Waals surface area contributed by atoms with Crippen LogP contribution in [-0.2, 0) is 27.9 Å². The second-order valence-corrected chi connectivity index (χ2v) is 9.30. The second-order valence-electron chi connectivity index (χ2n) is 7.10. The molecule has 0 aliphatic carbocycles. The van der Waals surface area contributed by atoms with Crippen LogP contribution >= 0.6 is 11.8 Å². The number of benzene rings is 2. The van der Waals surface area contributed by atoms with Crippen LogP contribution in [0.3, 0.4) is 0 Å². The zero-order chi connectivity index (χ0) is 21.6. The Morgan fingerprint density at radius 1 is 1.17 bits per heavy atom. The Hall–Kier alpha value is -2.36. The Labute approximate surface area is 181 Å². The van der Waals surface area contributed by atoms with Crippen molar-refractivity contribution in [2.24, 2.45) is 4.99 Å². The second kappa shape index (κ2) is 10.1. The number of nitrogens with one attached hydrogen (secondary N) is 2. The number of carbonyl (C=O) groups is 1. The van der Waals surface area contributed by atoms with Crippen molar-refractivity contribution in [1.82, 2.24) is 5.32 Å². The molecule has 3 N–H and O–H groups in total. The maximum atomic E-state index is 12.7. The van der Waals surface area contributed by atoms with Crippen molar-refractivity contribution in [2.45, 2.75) is 38.3 Å². The van der Waals surface area contributed by atoms with E-state index < -0.39 is 10.3 Å². The molecule has 1 aliphatic heterocycles. The third-order valence-corrected chi connectivity index (χ3v) is 6.42. The Morgan fingerprint density at radius 3 is 2.47 bits per heavy atom. The topological polar surface area (TPSA) is 108 Å². The van der Waals surface area contributed by atoms with Crippen LogP contribution in [0.15, 0.2) is 59.6 Å². The molecule has 0 aromatic heterocycles. The molecule has 1 unspecified atom stereocenters. The van der Waals surface area contributed by atoms with Crippen LogP contribution in [0.1, 0.15) is 24.5 Å². The van der Waals surface area contributed by atoms with E-state index in [-0.39, 0.29) is 23.7 Å². The number of hydrogen-bond acceptors (Lipinski definition) is 5. The largest absolute Gasteiger partial charge is 0.357 e. The van der Waals surface area contributed by atoms with Gasteiger partial charge in [-0.1, -0.05) is 49.4 Å². The van der Waals surface area contributed by atoms with Crippen LogP contribution < -0.4 is 10.0 Å². The van der Waals surface area contributed by atoms with Gasteiger partial charge in [0.25, 0.3) is 0 Å². The van der Waals surface area contributed by atoms with Crippen molar-refractivity contribution >= 4 is 38.7 Å². The molecular formula is C21H25N3O4S2. The number of hydrogen-bond donors (Lipinski definition) is 3. The van der Waals surface area contributed by atoms with E-state index in [4.69, 9.17) is 9.55 Å². The van der Waals surface area contributed by atoms with Crippen molar-refractivity contribution < 1.29 is 17.8 Å². The molecular weight excluding hydrogens is 422 g/mol. The Morgan fingerprint density at radius 2 is 1.87 bits per heavy atom. The normalized spacial score (nSPS) is 17.3. The lowest BCUT2D eigenvalue weighted by molar-refractivity contribution is -0.120. The first-order valence-electron chi connectivity index (χ1n) is 9.70. The summed E-state index contributed by atoms with van der Waals surface area (Å²) in [7, 11) is -4.31. The molecule has 3 rings (SSSR count). The zero-order valence-electron chi connectivity index (χ0n) is 16.6. The summed E-state index contributed by atoms with van der Waals surface area (Å²) in [5.74, 6) is 0.841. The van der Waals surface area contributed by atoms with E-state index in [1.165, 1.54) is 0 Å². The monoisotopic (exact) mass is 447 g/mol. The molecule has 2 atom stereocenters. The fourth-order valence-electron chi connectivity index (χ4n) is 3.16. The fourth-order valence-corrected chi connectivity index (χ4v) is 4.83. The van der Waals surface area contributed by atoms with E-state index in [0.717, 1.165) is 28.3 Å².